The van der Waals surface area contributed by atoms with Gasteiger partial charge in [0.2, 0.25) is 11.8 Å². The lowest BCUT2D eigenvalue weighted by Crippen LogP contribution is -2.25. The van der Waals surface area contributed by atoms with Crippen LogP contribution in [0.2, 0.25) is 0 Å². The van der Waals surface area contributed by atoms with E-state index in [1.165, 1.54) is 11.8 Å². The minimum Gasteiger partial charge on any atom is -0.481 e. The van der Waals surface area contributed by atoms with Gasteiger partial charge < -0.3 is 20.3 Å². The first kappa shape index (κ1) is 18.3. The van der Waals surface area contributed by atoms with Crippen LogP contribution < -0.4 is 10.1 Å². The SMILES string of the molecule is COc1ccnc(Nc2cc(C)cc(-c3cnn(CC(O)C(=O)O)c3)c2)n1. The van der Waals surface area contributed by atoms with Crippen molar-refractivity contribution in [2.45, 2.75) is 19.6 Å². The third-order valence-corrected chi connectivity index (χ3v) is 3.78. The molecule has 0 amide bonds. The maximum atomic E-state index is 10.8. The maximum Gasteiger partial charge on any atom is 0.334 e. The van der Waals surface area contributed by atoms with E-state index in [0.29, 0.717) is 11.8 Å². The molecule has 3 rings (SSSR count). The van der Waals surface area contributed by atoms with Crippen LogP contribution >= 0.6 is 0 Å². The van der Waals surface area contributed by atoms with Crippen molar-refractivity contribution in [1.29, 1.82) is 0 Å². The Morgan fingerprint density at radius 1 is 1.33 bits per heavy atom. The number of rotatable bonds is 7. The lowest BCUT2D eigenvalue weighted by molar-refractivity contribution is -0.147. The predicted molar refractivity (Wildman–Crippen MR) is 97.9 cm³/mol. The number of aliphatic hydroxyl groups excluding tert-OH is 1. The van der Waals surface area contributed by atoms with Crippen molar-refractivity contribution in [2.24, 2.45) is 0 Å². The molecule has 9 nitrogen and oxygen atoms in total. The number of carboxylic acid groups (broad SMARTS) is 1. The zero-order chi connectivity index (χ0) is 19.4. The van der Waals surface area contributed by atoms with E-state index in [1.54, 1.807) is 24.7 Å². The van der Waals surface area contributed by atoms with Crippen LogP contribution in [0.4, 0.5) is 11.6 Å². The Balaban J connectivity index is 1.83. The smallest absolute Gasteiger partial charge is 0.334 e. The van der Waals surface area contributed by atoms with E-state index in [-0.39, 0.29) is 6.54 Å². The molecule has 0 fully saturated rings. The average Bonchev–Trinajstić information content (AvgIpc) is 3.10. The molecule has 27 heavy (non-hydrogen) atoms. The fourth-order valence-electron chi connectivity index (χ4n) is 2.53. The molecule has 0 radical (unpaired) electrons. The number of aliphatic carboxylic acids is 1. The largest absolute Gasteiger partial charge is 0.481 e. The van der Waals surface area contributed by atoms with Gasteiger partial charge >= 0.3 is 5.97 Å². The topological polar surface area (TPSA) is 122 Å². The van der Waals surface area contributed by atoms with E-state index in [4.69, 9.17) is 9.84 Å². The van der Waals surface area contributed by atoms with Gasteiger partial charge in [-0.25, -0.2) is 9.78 Å². The number of ether oxygens (including phenoxy) is 1. The van der Waals surface area contributed by atoms with Crippen LogP contribution in [0.25, 0.3) is 11.1 Å². The van der Waals surface area contributed by atoms with Crippen molar-refractivity contribution in [3.63, 3.8) is 0 Å². The van der Waals surface area contributed by atoms with Gasteiger partial charge in [0.05, 0.1) is 19.9 Å². The lowest BCUT2D eigenvalue weighted by Gasteiger charge is -2.09. The summed E-state index contributed by atoms with van der Waals surface area (Å²) in [5.74, 6) is -0.419. The highest BCUT2D eigenvalue weighted by Gasteiger charge is 2.15. The van der Waals surface area contributed by atoms with Gasteiger partial charge in [-0.15, -0.1) is 0 Å². The number of benzene rings is 1. The van der Waals surface area contributed by atoms with E-state index in [9.17, 15) is 9.90 Å². The number of nitrogens with zero attached hydrogens (tertiary/aromatic N) is 4. The first-order chi connectivity index (χ1) is 12.9. The summed E-state index contributed by atoms with van der Waals surface area (Å²) < 4.78 is 6.49. The highest BCUT2D eigenvalue weighted by Crippen LogP contribution is 2.26. The van der Waals surface area contributed by atoms with E-state index in [2.05, 4.69) is 20.4 Å². The van der Waals surface area contributed by atoms with E-state index in [0.717, 1.165) is 22.4 Å². The summed E-state index contributed by atoms with van der Waals surface area (Å²) in [5, 5.41) is 25.5. The van der Waals surface area contributed by atoms with Gasteiger partial charge in [0.15, 0.2) is 6.10 Å². The molecule has 0 spiro atoms. The summed E-state index contributed by atoms with van der Waals surface area (Å²) >= 11 is 0. The number of nitrogens with one attached hydrogen (secondary N) is 1. The van der Waals surface area contributed by atoms with Crippen molar-refractivity contribution < 1.29 is 19.7 Å². The molecular weight excluding hydrogens is 350 g/mol. The van der Waals surface area contributed by atoms with Gasteiger partial charge in [-0.2, -0.15) is 10.1 Å². The van der Waals surface area contributed by atoms with Gasteiger partial charge in [0, 0.05) is 29.7 Å². The van der Waals surface area contributed by atoms with Crippen molar-refractivity contribution >= 4 is 17.6 Å². The molecule has 3 aromatic rings. The zero-order valence-corrected chi connectivity index (χ0v) is 14.8. The molecule has 9 heteroatoms. The number of aromatic nitrogens is 4. The standard InChI is InChI=1S/C18H19N5O4/c1-11-5-12(13-8-20-23(9-13)10-15(24)17(25)26)7-14(6-11)21-18-19-4-3-16(22-18)27-2/h3-9,15,24H,10H2,1-2H3,(H,25,26)(H,19,21,22). The summed E-state index contributed by atoms with van der Waals surface area (Å²) in [4.78, 5) is 19.2. The zero-order valence-electron chi connectivity index (χ0n) is 14.8. The van der Waals surface area contributed by atoms with Crippen molar-refractivity contribution in [3.05, 3.63) is 48.4 Å². The molecule has 2 aromatic heterocycles. The second-order valence-corrected chi connectivity index (χ2v) is 5.94. The average molecular weight is 369 g/mol. The summed E-state index contributed by atoms with van der Waals surface area (Å²) in [6.45, 7) is 1.84. The molecule has 0 aliphatic carbocycles. The lowest BCUT2D eigenvalue weighted by atomic mass is 10.1. The molecule has 2 heterocycles. The molecule has 0 aliphatic rings. The van der Waals surface area contributed by atoms with Crippen LogP contribution in [0.1, 0.15) is 5.56 Å². The van der Waals surface area contributed by atoms with Gasteiger partial charge in [-0.1, -0.05) is 6.07 Å². The number of carbonyl (C=O) groups is 1. The molecule has 1 unspecified atom stereocenters. The monoisotopic (exact) mass is 369 g/mol. The van der Waals surface area contributed by atoms with Crippen molar-refractivity contribution in [1.82, 2.24) is 19.7 Å². The second kappa shape index (κ2) is 7.83. The van der Waals surface area contributed by atoms with Gasteiger partial charge in [0.25, 0.3) is 0 Å². The summed E-state index contributed by atoms with van der Waals surface area (Å²) in [7, 11) is 1.54. The Morgan fingerprint density at radius 2 is 2.15 bits per heavy atom. The number of carboxylic acids is 1. The van der Waals surface area contributed by atoms with Crippen molar-refractivity contribution in [2.75, 3.05) is 12.4 Å². The minimum absolute atomic E-state index is 0.121. The van der Waals surface area contributed by atoms with Gasteiger partial charge in [-0.3, -0.25) is 4.68 Å². The van der Waals surface area contributed by atoms with Crippen LogP contribution in [-0.4, -0.2) is 49.1 Å². The van der Waals surface area contributed by atoms with Gasteiger partial charge in [0.1, 0.15) is 0 Å². The molecule has 1 aromatic carbocycles. The fourth-order valence-corrected chi connectivity index (χ4v) is 2.53. The molecule has 140 valence electrons. The molecule has 3 N–H and O–H groups in total. The Bertz CT molecular complexity index is 956. The van der Waals surface area contributed by atoms with Crippen LogP contribution in [-0.2, 0) is 11.3 Å². The first-order valence-electron chi connectivity index (χ1n) is 8.14. The predicted octanol–water partition coefficient (Wildman–Crippen LogP) is 1.85. The van der Waals surface area contributed by atoms with Crippen LogP contribution in [0.3, 0.4) is 0 Å². The number of aliphatic hydroxyl groups is 1. The second-order valence-electron chi connectivity index (χ2n) is 5.94. The Labute approximate surface area is 155 Å². The third kappa shape index (κ3) is 4.59. The Morgan fingerprint density at radius 3 is 2.89 bits per heavy atom. The normalized spacial score (nSPS) is 11.8. The van der Waals surface area contributed by atoms with Crippen molar-refractivity contribution in [3.8, 4) is 17.0 Å². The fraction of sp³-hybridized carbons (Fsp3) is 0.222. The number of hydrogen-bond acceptors (Lipinski definition) is 7. The summed E-state index contributed by atoms with van der Waals surface area (Å²) in [5.41, 5.74) is 3.48. The summed E-state index contributed by atoms with van der Waals surface area (Å²) in [6, 6.07) is 7.50. The highest BCUT2D eigenvalue weighted by atomic mass is 16.5. The Kier molecular flexibility index (Phi) is 5.32. The van der Waals surface area contributed by atoms with Crippen LogP contribution in [0.15, 0.2) is 42.9 Å². The molecule has 0 saturated heterocycles. The minimum atomic E-state index is -1.50. The number of anilines is 2. The first-order valence-corrected chi connectivity index (χ1v) is 8.14. The number of aryl methyl sites for hydroxylation is 1. The number of hydrogen-bond donors (Lipinski definition) is 3. The molecule has 0 bridgehead atoms. The maximum absolute atomic E-state index is 10.8. The molecule has 1 atom stereocenters. The summed E-state index contributed by atoms with van der Waals surface area (Å²) in [6.07, 6.45) is 3.41. The molecule has 0 saturated carbocycles. The molecule has 0 aliphatic heterocycles. The third-order valence-electron chi connectivity index (χ3n) is 3.78. The van der Waals surface area contributed by atoms with Crippen LogP contribution in [0.5, 0.6) is 5.88 Å². The number of methoxy groups -OCH3 is 1. The highest BCUT2D eigenvalue weighted by molar-refractivity contribution is 5.72. The van der Waals surface area contributed by atoms with E-state index >= 15 is 0 Å². The Hall–Kier alpha value is -3.46. The van der Waals surface area contributed by atoms with E-state index < -0.39 is 12.1 Å². The van der Waals surface area contributed by atoms with E-state index in [1.807, 2.05) is 25.1 Å². The molecular formula is C18H19N5O4. The van der Waals surface area contributed by atoms with Gasteiger partial charge in [-0.05, 0) is 30.2 Å². The quantitative estimate of drug-likeness (QED) is 0.577. The van der Waals surface area contributed by atoms with Crippen LogP contribution in [0, 0.1) is 6.92 Å².